The van der Waals surface area contributed by atoms with Gasteiger partial charge >= 0.3 is 0 Å². The van der Waals surface area contributed by atoms with Crippen LogP contribution in [0.2, 0.25) is 0 Å². The lowest BCUT2D eigenvalue weighted by Gasteiger charge is -2.13. The first kappa shape index (κ1) is 19.7. The van der Waals surface area contributed by atoms with Crippen molar-refractivity contribution in [3.05, 3.63) is 71.6 Å². The van der Waals surface area contributed by atoms with Crippen LogP contribution in [0.15, 0.2) is 79.5 Å². The molecule has 0 saturated carbocycles. The fourth-order valence-corrected chi connectivity index (χ4v) is 5.06. The van der Waals surface area contributed by atoms with Crippen LogP contribution in [0, 0.1) is 0 Å². The number of sulfonamides is 1. The third-order valence-corrected chi connectivity index (χ3v) is 7.37. The summed E-state index contributed by atoms with van der Waals surface area (Å²) in [6, 6.07) is 19.1. The van der Waals surface area contributed by atoms with E-state index in [1.807, 2.05) is 42.7 Å². The molecule has 1 heterocycles. The summed E-state index contributed by atoms with van der Waals surface area (Å²) in [5.74, 6) is -0.629. The average molecular weight is 417 g/mol. The molecule has 0 N–H and O–H groups in total. The fourth-order valence-electron chi connectivity index (χ4n) is 2.69. The fraction of sp³-hybridized carbons (Fsp3) is 0.150. The Morgan fingerprint density at radius 1 is 1.11 bits per heavy atom. The van der Waals surface area contributed by atoms with Gasteiger partial charge in [-0.1, -0.05) is 42.5 Å². The number of aryl methyl sites for hydroxylation is 1. The normalized spacial score (nSPS) is 12.3. The Morgan fingerprint density at radius 3 is 2.67 bits per heavy atom. The Labute approximate surface area is 167 Å². The molecule has 0 saturated heterocycles. The molecule has 1 aromatic heterocycles. The van der Waals surface area contributed by atoms with Crippen molar-refractivity contribution in [3.63, 3.8) is 0 Å². The van der Waals surface area contributed by atoms with Crippen molar-refractivity contribution in [3.8, 4) is 11.1 Å². The van der Waals surface area contributed by atoms with E-state index in [9.17, 15) is 13.5 Å². The van der Waals surface area contributed by atoms with Crippen LogP contribution in [-0.2, 0) is 16.4 Å². The second-order valence-electron chi connectivity index (χ2n) is 5.78. The van der Waals surface area contributed by atoms with Crippen molar-refractivity contribution >= 4 is 39.0 Å². The van der Waals surface area contributed by atoms with E-state index in [1.165, 1.54) is 6.07 Å². The Morgan fingerprint density at radius 2 is 1.93 bits per heavy atom. The average Bonchev–Trinajstić information content (AvgIpc) is 3.22. The van der Waals surface area contributed by atoms with E-state index in [1.54, 1.807) is 23.2 Å². The molecule has 0 unspecified atom stereocenters. The lowest BCUT2D eigenvalue weighted by molar-refractivity contribution is -0.218. The zero-order valence-corrected chi connectivity index (χ0v) is 17.1. The Balaban J connectivity index is 1.80. The standard InChI is InChI=1S/C20H19NO3S3/c1-25-17-8-4-7-16(14-17)18-9-3-2-6-15(18)11-12-19(22)21-27(23,24)20-10-5-13-26-20/h2-10,13-14H,11-12H2,1H3,(H,21,22)/p-1. The van der Waals surface area contributed by atoms with E-state index in [2.05, 4.69) is 16.5 Å². The zero-order valence-electron chi connectivity index (χ0n) is 14.7. The van der Waals surface area contributed by atoms with Gasteiger partial charge < -0.3 is 5.11 Å². The first-order valence-electron chi connectivity index (χ1n) is 8.26. The highest BCUT2D eigenvalue weighted by Gasteiger charge is 2.13. The van der Waals surface area contributed by atoms with Crippen molar-refractivity contribution < 1.29 is 13.5 Å². The van der Waals surface area contributed by atoms with Crippen LogP contribution in [0.25, 0.3) is 11.1 Å². The number of thioether (sulfide) groups is 1. The summed E-state index contributed by atoms with van der Waals surface area (Å²) in [5, 5.41) is 13.8. The molecular formula is C20H18NO3S3-. The maximum Gasteiger partial charge on any atom is 0.290 e. The number of benzene rings is 2. The molecule has 0 bridgehead atoms. The molecule has 0 fully saturated rings. The summed E-state index contributed by atoms with van der Waals surface area (Å²) in [6.45, 7) is 0. The third-order valence-electron chi connectivity index (χ3n) is 3.98. The number of thiophene rings is 1. The van der Waals surface area contributed by atoms with Crippen molar-refractivity contribution in [1.29, 1.82) is 0 Å². The van der Waals surface area contributed by atoms with Crippen LogP contribution in [0.3, 0.4) is 0 Å². The SMILES string of the molecule is CSc1cccc(-c2ccccc2CC/C([O-])=N\S(=O)(=O)c2cccs2)c1. The maximum atomic E-state index is 12.1. The molecule has 0 spiro atoms. The second kappa shape index (κ2) is 8.73. The highest BCUT2D eigenvalue weighted by Crippen LogP contribution is 2.28. The molecule has 0 aliphatic rings. The van der Waals surface area contributed by atoms with Crippen molar-refractivity contribution in [2.45, 2.75) is 21.9 Å². The predicted octanol–water partition coefficient (Wildman–Crippen LogP) is 4.22. The van der Waals surface area contributed by atoms with Crippen LogP contribution in [0.5, 0.6) is 0 Å². The smallest absolute Gasteiger partial charge is 0.290 e. The lowest BCUT2D eigenvalue weighted by Crippen LogP contribution is -2.20. The summed E-state index contributed by atoms with van der Waals surface area (Å²) in [5.41, 5.74) is 3.11. The highest BCUT2D eigenvalue weighted by molar-refractivity contribution is 7.98. The molecule has 140 valence electrons. The van der Waals surface area contributed by atoms with Gasteiger partial charge in [0.2, 0.25) is 0 Å². The second-order valence-corrected chi connectivity index (χ2v) is 9.44. The Bertz CT molecular complexity index is 1040. The van der Waals surface area contributed by atoms with Gasteiger partial charge in [-0.15, -0.1) is 23.1 Å². The van der Waals surface area contributed by atoms with Crippen LogP contribution in [0.1, 0.15) is 12.0 Å². The van der Waals surface area contributed by atoms with E-state index in [0.717, 1.165) is 32.9 Å². The van der Waals surface area contributed by atoms with Gasteiger partial charge in [0.15, 0.2) is 0 Å². The van der Waals surface area contributed by atoms with Gasteiger partial charge in [-0.3, -0.25) is 0 Å². The molecule has 27 heavy (non-hydrogen) atoms. The van der Waals surface area contributed by atoms with Gasteiger partial charge in [-0.2, -0.15) is 12.8 Å². The lowest BCUT2D eigenvalue weighted by atomic mass is 9.97. The minimum absolute atomic E-state index is 0.0455. The van der Waals surface area contributed by atoms with Crippen LogP contribution in [-0.4, -0.2) is 20.6 Å². The predicted molar refractivity (Wildman–Crippen MR) is 111 cm³/mol. The van der Waals surface area contributed by atoms with Gasteiger partial charge in [0, 0.05) is 4.90 Å². The first-order chi connectivity index (χ1) is 13.0. The minimum atomic E-state index is -3.90. The topological polar surface area (TPSA) is 69.6 Å². The van der Waals surface area contributed by atoms with E-state index < -0.39 is 15.9 Å². The van der Waals surface area contributed by atoms with E-state index in [0.29, 0.717) is 6.42 Å². The monoisotopic (exact) mass is 416 g/mol. The van der Waals surface area contributed by atoms with Gasteiger partial charge in [0.05, 0.1) is 0 Å². The molecule has 3 aromatic rings. The Kier molecular flexibility index (Phi) is 6.36. The highest BCUT2D eigenvalue weighted by atomic mass is 32.2. The number of hydrogen-bond acceptors (Lipinski definition) is 5. The Hall–Kier alpha value is -2.09. The zero-order chi connectivity index (χ0) is 19.3. The van der Waals surface area contributed by atoms with Gasteiger partial charge in [-0.05, 0) is 65.3 Å². The third kappa shape index (κ3) is 5.00. The number of hydrogen-bond donors (Lipinski definition) is 0. The summed E-state index contributed by atoms with van der Waals surface area (Å²) in [6.07, 6.45) is 2.50. The van der Waals surface area contributed by atoms with Crippen LogP contribution in [0.4, 0.5) is 0 Å². The minimum Gasteiger partial charge on any atom is -0.861 e. The summed E-state index contributed by atoms with van der Waals surface area (Å²) in [7, 11) is -3.90. The van der Waals surface area contributed by atoms with Gasteiger partial charge in [-0.25, -0.2) is 0 Å². The molecular weight excluding hydrogens is 398 g/mol. The van der Waals surface area contributed by atoms with Crippen LogP contribution >= 0.6 is 23.1 Å². The molecule has 0 atom stereocenters. The molecule has 0 aliphatic heterocycles. The van der Waals surface area contributed by atoms with Gasteiger partial charge in [0.1, 0.15) is 4.21 Å². The largest absolute Gasteiger partial charge is 0.861 e. The number of rotatable bonds is 7. The van der Waals surface area contributed by atoms with E-state index in [-0.39, 0.29) is 10.6 Å². The summed E-state index contributed by atoms with van der Waals surface area (Å²) in [4.78, 5) is 1.16. The molecule has 4 nitrogen and oxygen atoms in total. The first-order valence-corrected chi connectivity index (χ1v) is 11.8. The van der Waals surface area contributed by atoms with Crippen LogP contribution < -0.4 is 5.11 Å². The molecule has 3 rings (SSSR count). The molecule has 0 aliphatic carbocycles. The van der Waals surface area contributed by atoms with E-state index >= 15 is 0 Å². The molecule has 0 amide bonds. The molecule has 0 radical (unpaired) electrons. The van der Waals surface area contributed by atoms with Crippen molar-refractivity contribution in [2.75, 3.05) is 6.26 Å². The van der Waals surface area contributed by atoms with E-state index in [4.69, 9.17) is 0 Å². The maximum absolute atomic E-state index is 12.1. The molecule has 2 aromatic carbocycles. The van der Waals surface area contributed by atoms with Crippen molar-refractivity contribution in [1.82, 2.24) is 0 Å². The summed E-state index contributed by atoms with van der Waals surface area (Å²) >= 11 is 2.73. The van der Waals surface area contributed by atoms with Gasteiger partial charge in [0.25, 0.3) is 10.0 Å². The quantitative estimate of drug-likeness (QED) is 0.329. The molecule has 7 heteroatoms. The summed E-state index contributed by atoms with van der Waals surface area (Å²) < 4.78 is 27.7. The van der Waals surface area contributed by atoms with Crippen molar-refractivity contribution in [2.24, 2.45) is 4.40 Å². The number of nitrogens with zero attached hydrogens (tertiary/aromatic N) is 1.